The molecule has 0 saturated heterocycles. The van der Waals surface area contributed by atoms with E-state index in [9.17, 15) is 13.2 Å². The van der Waals surface area contributed by atoms with Crippen LogP contribution >= 0.6 is 24.0 Å². The first-order valence-electron chi connectivity index (χ1n) is 8.57. The van der Waals surface area contributed by atoms with Crippen molar-refractivity contribution in [3.8, 4) is 11.5 Å². The summed E-state index contributed by atoms with van der Waals surface area (Å²) in [4.78, 5) is 9.75. The zero-order valence-corrected chi connectivity index (χ0v) is 18.1. The Morgan fingerprint density at radius 2 is 1.93 bits per heavy atom. The maximum Gasteiger partial charge on any atom is 0.401 e. The van der Waals surface area contributed by atoms with Crippen molar-refractivity contribution in [3.63, 3.8) is 0 Å². The highest BCUT2D eigenvalue weighted by Gasteiger charge is 2.28. The number of alkyl halides is 3. The van der Waals surface area contributed by atoms with Gasteiger partial charge in [-0.1, -0.05) is 18.2 Å². The molecule has 0 radical (unpaired) electrons. The zero-order valence-electron chi connectivity index (χ0n) is 15.8. The number of benzene rings is 1. The van der Waals surface area contributed by atoms with Crippen LogP contribution in [0.5, 0.6) is 0 Å². The predicted octanol–water partition coefficient (Wildman–Crippen LogP) is 3.51. The van der Waals surface area contributed by atoms with Crippen molar-refractivity contribution in [1.29, 1.82) is 0 Å². The minimum Gasteiger partial charge on any atom is -0.444 e. The van der Waals surface area contributed by atoms with E-state index in [0.717, 1.165) is 11.3 Å². The molecular formula is C18H25F3IN5O. The van der Waals surface area contributed by atoms with Gasteiger partial charge >= 0.3 is 6.18 Å². The molecule has 0 aliphatic heterocycles. The fourth-order valence-electron chi connectivity index (χ4n) is 2.44. The summed E-state index contributed by atoms with van der Waals surface area (Å²) in [6, 6.07) is 9.58. The largest absolute Gasteiger partial charge is 0.444 e. The molecule has 0 saturated carbocycles. The molecule has 156 valence electrons. The van der Waals surface area contributed by atoms with E-state index in [4.69, 9.17) is 4.42 Å². The van der Waals surface area contributed by atoms with Crippen LogP contribution in [0.15, 0.2) is 46.0 Å². The third kappa shape index (κ3) is 8.91. The number of aromatic nitrogens is 1. The van der Waals surface area contributed by atoms with Crippen LogP contribution in [0.1, 0.15) is 12.1 Å². The van der Waals surface area contributed by atoms with Gasteiger partial charge in [0, 0.05) is 19.2 Å². The van der Waals surface area contributed by atoms with Crippen molar-refractivity contribution < 1.29 is 17.6 Å². The number of hydrogen-bond acceptors (Lipinski definition) is 4. The Hall–Kier alpha value is -1.82. The lowest BCUT2D eigenvalue weighted by Crippen LogP contribution is -2.39. The van der Waals surface area contributed by atoms with Crippen LogP contribution < -0.4 is 10.6 Å². The average molecular weight is 511 g/mol. The SMILES string of the molecule is CN=C(NCCCN(C)CC(F)(F)F)NCc1coc(-c2ccccc2)n1.I. The summed E-state index contributed by atoms with van der Waals surface area (Å²) in [6.45, 7) is 0.364. The number of guanidine groups is 1. The Morgan fingerprint density at radius 3 is 2.57 bits per heavy atom. The van der Waals surface area contributed by atoms with Gasteiger partial charge in [0.2, 0.25) is 5.89 Å². The molecule has 0 atom stereocenters. The Morgan fingerprint density at radius 1 is 1.21 bits per heavy atom. The number of oxazole rings is 1. The monoisotopic (exact) mass is 511 g/mol. The third-order valence-electron chi connectivity index (χ3n) is 3.69. The van der Waals surface area contributed by atoms with E-state index in [1.807, 2.05) is 30.3 Å². The number of halogens is 4. The van der Waals surface area contributed by atoms with Crippen molar-refractivity contribution in [2.75, 3.05) is 33.7 Å². The van der Waals surface area contributed by atoms with Gasteiger partial charge in [-0.15, -0.1) is 24.0 Å². The molecule has 2 rings (SSSR count). The molecule has 0 aliphatic rings. The molecular weight excluding hydrogens is 486 g/mol. The van der Waals surface area contributed by atoms with Gasteiger partial charge in [-0.2, -0.15) is 13.2 Å². The van der Waals surface area contributed by atoms with Gasteiger partial charge in [0.05, 0.1) is 18.8 Å². The molecule has 0 bridgehead atoms. The second-order valence-electron chi connectivity index (χ2n) is 6.07. The van der Waals surface area contributed by atoms with Crippen molar-refractivity contribution in [2.24, 2.45) is 4.99 Å². The summed E-state index contributed by atoms with van der Waals surface area (Å²) in [6.07, 6.45) is -2.03. The van der Waals surface area contributed by atoms with Gasteiger partial charge < -0.3 is 15.1 Å². The first-order valence-corrected chi connectivity index (χ1v) is 8.57. The lowest BCUT2D eigenvalue weighted by atomic mass is 10.2. The summed E-state index contributed by atoms with van der Waals surface area (Å²) in [5, 5.41) is 6.17. The van der Waals surface area contributed by atoms with Crippen LogP contribution in [0.2, 0.25) is 0 Å². The van der Waals surface area contributed by atoms with E-state index < -0.39 is 12.7 Å². The fourth-order valence-corrected chi connectivity index (χ4v) is 2.44. The van der Waals surface area contributed by atoms with Crippen molar-refractivity contribution in [3.05, 3.63) is 42.3 Å². The number of hydrogen-bond donors (Lipinski definition) is 2. The summed E-state index contributed by atoms with van der Waals surface area (Å²) < 4.78 is 42.3. The van der Waals surface area contributed by atoms with Crippen LogP contribution in [0, 0.1) is 0 Å². The summed E-state index contributed by atoms with van der Waals surface area (Å²) in [7, 11) is 3.08. The Labute approximate surface area is 179 Å². The van der Waals surface area contributed by atoms with Crippen molar-refractivity contribution in [1.82, 2.24) is 20.5 Å². The van der Waals surface area contributed by atoms with Crippen LogP contribution in [0.4, 0.5) is 13.2 Å². The molecule has 1 aromatic heterocycles. The Kier molecular flexibility index (Phi) is 10.3. The molecule has 1 heterocycles. The highest BCUT2D eigenvalue weighted by Crippen LogP contribution is 2.17. The van der Waals surface area contributed by atoms with E-state index in [0.29, 0.717) is 37.9 Å². The van der Waals surface area contributed by atoms with Crippen molar-refractivity contribution >= 4 is 29.9 Å². The summed E-state index contributed by atoms with van der Waals surface area (Å²) in [5.41, 5.74) is 1.62. The molecule has 1 aromatic carbocycles. The van der Waals surface area contributed by atoms with E-state index in [1.165, 1.54) is 11.9 Å². The number of aliphatic imine (C=N–C) groups is 1. The smallest absolute Gasteiger partial charge is 0.401 e. The molecule has 2 N–H and O–H groups in total. The van der Waals surface area contributed by atoms with Crippen LogP contribution in [-0.2, 0) is 6.54 Å². The number of rotatable bonds is 8. The Bertz CT molecular complexity index is 722. The lowest BCUT2D eigenvalue weighted by Gasteiger charge is -2.18. The van der Waals surface area contributed by atoms with Gasteiger partial charge in [-0.25, -0.2) is 4.98 Å². The minimum absolute atomic E-state index is 0. The quantitative estimate of drug-likeness (QED) is 0.246. The minimum atomic E-state index is -4.17. The molecule has 28 heavy (non-hydrogen) atoms. The van der Waals surface area contributed by atoms with E-state index in [2.05, 4.69) is 20.6 Å². The Balaban J connectivity index is 0.00000392. The molecule has 0 amide bonds. The van der Waals surface area contributed by atoms with Gasteiger partial charge in [0.15, 0.2) is 5.96 Å². The first-order chi connectivity index (χ1) is 12.9. The van der Waals surface area contributed by atoms with Gasteiger partial charge in [-0.05, 0) is 32.1 Å². The highest BCUT2D eigenvalue weighted by atomic mass is 127. The first kappa shape index (κ1) is 24.2. The molecule has 0 fully saturated rings. The van der Waals surface area contributed by atoms with Gasteiger partial charge in [0.25, 0.3) is 0 Å². The second kappa shape index (κ2) is 11.9. The lowest BCUT2D eigenvalue weighted by molar-refractivity contribution is -0.143. The van der Waals surface area contributed by atoms with E-state index in [-0.39, 0.29) is 24.0 Å². The topological polar surface area (TPSA) is 65.7 Å². The van der Waals surface area contributed by atoms with Gasteiger partial charge in [-0.3, -0.25) is 9.89 Å². The van der Waals surface area contributed by atoms with Crippen LogP contribution in [0.3, 0.4) is 0 Å². The molecule has 6 nitrogen and oxygen atoms in total. The molecule has 10 heteroatoms. The number of nitrogens with zero attached hydrogens (tertiary/aromatic N) is 3. The zero-order chi connectivity index (χ0) is 19.7. The van der Waals surface area contributed by atoms with Crippen molar-refractivity contribution in [2.45, 2.75) is 19.1 Å². The number of nitrogens with one attached hydrogen (secondary N) is 2. The summed E-state index contributed by atoms with van der Waals surface area (Å²) in [5.74, 6) is 1.10. The maximum absolute atomic E-state index is 12.3. The van der Waals surface area contributed by atoms with Crippen LogP contribution in [-0.4, -0.2) is 55.7 Å². The molecule has 0 spiro atoms. The predicted molar refractivity (Wildman–Crippen MR) is 114 cm³/mol. The van der Waals surface area contributed by atoms with Gasteiger partial charge in [0.1, 0.15) is 6.26 Å². The molecule has 2 aromatic rings. The average Bonchev–Trinajstić information content (AvgIpc) is 3.09. The highest BCUT2D eigenvalue weighted by molar-refractivity contribution is 14.0. The third-order valence-corrected chi connectivity index (χ3v) is 3.69. The standard InChI is InChI=1S/C18H24F3N5O.HI/c1-22-17(23-9-6-10-26(2)13-18(19,20)21)24-11-15-12-27-16(25-15)14-7-4-3-5-8-14;/h3-5,7-8,12H,6,9-11,13H2,1-2H3,(H2,22,23,24);1H. The van der Waals surface area contributed by atoms with E-state index in [1.54, 1.807) is 13.3 Å². The van der Waals surface area contributed by atoms with E-state index >= 15 is 0 Å². The maximum atomic E-state index is 12.3. The molecule has 0 aliphatic carbocycles. The fraction of sp³-hybridized carbons (Fsp3) is 0.444. The van der Waals surface area contributed by atoms with Crippen LogP contribution in [0.25, 0.3) is 11.5 Å². The normalized spacial score (nSPS) is 12.0. The summed E-state index contributed by atoms with van der Waals surface area (Å²) >= 11 is 0. The molecule has 0 unspecified atom stereocenters. The second-order valence-corrected chi connectivity index (χ2v) is 6.07.